The molecule has 2 aromatic carbocycles. The van der Waals surface area contributed by atoms with Crippen molar-refractivity contribution in [3.05, 3.63) is 89.9 Å². The third kappa shape index (κ3) is 3.76. The van der Waals surface area contributed by atoms with Crippen LogP contribution < -0.4 is 10.1 Å². The Morgan fingerprint density at radius 2 is 1.82 bits per heavy atom. The van der Waals surface area contributed by atoms with Gasteiger partial charge in [-0.2, -0.15) is 0 Å². The number of benzene rings is 2. The lowest BCUT2D eigenvalue weighted by Gasteiger charge is -2.28. The Balaban J connectivity index is 1.64. The van der Waals surface area contributed by atoms with Gasteiger partial charge in [-0.15, -0.1) is 0 Å². The van der Waals surface area contributed by atoms with Crippen LogP contribution in [0.2, 0.25) is 0 Å². The molecule has 0 saturated heterocycles. The Morgan fingerprint density at radius 1 is 1.04 bits per heavy atom. The fourth-order valence-electron chi connectivity index (χ4n) is 3.29. The van der Waals surface area contributed by atoms with Gasteiger partial charge in [0.15, 0.2) is 6.61 Å². The van der Waals surface area contributed by atoms with E-state index in [0.29, 0.717) is 23.6 Å². The van der Waals surface area contributed by atoms with Gasteiger partial charge in [-0.3, -0.25) is 9.59 Å². The van der Waals surface area contributed by atoms with Gasteiger partial charge in [0.2, 0.25) is 5.91 Å². The lowest BCUT2D eigenvalue weighted by Crippen LogP contribution is -2.43. The van der Waals surface area contributed by atoms with E-state index in [1.807, 2.05) is 48.5 Å². The van der Waals surface area contributed by atoms with Crippen molar-refractivity contribution in [2.24, 2.45) is 0 Å². The van der Waals surface area contributed by atoms with Crippen molar-refractivity contribution in [1.82, 2.24) is 10.2 Å². The molecule has 0 bridgehead atoms. The van der Waals surface area contributed by atoms with E-state index in [1.54, 1.807) is 24.5 Å². The number of nitrogens with one attached hydrogen (secondary N) is 1. The molecule has 4 rings (SSSR count). The molecule has 2 amide bonds. The molecule has 2 heterocycles. The Labute approximate surface area is 162 Å². The largest absolute Gasteiger partial charge is 0.483 e. The van der Waals surface area contributed by atoms with E-state index in [1.165, 1.54) is 4.90 Å². The fourth-order valence-corrected chi connectivity index (χ4v) is 3.29. The first-order valence-electron chi connectivity index (χ1n) is 9.07. The summed E-state index contributed by atoms with van der Waals surface area (Å²) in [7, 11) is 0. The minimum absolute atomic E-state index is 0.125. The van der Waals surface area contributed by atoms with Gasteiger partial charge >= 0.3 is 0 Å². The van der Waals surface area contributed by atoms with Crippen molar-refractivity contribution in [3.8, 4) is 5.75 Å². The molecule has 1 aliphatic rings. The second kappa shape index (κ2) is 8.00. The summed E-state index contributed by atoms with van der Waals surface area (Å²) in [5.74, 6) is 0.611. The molecule has 28 heavy (non-hydrogen) atoms. The average molecular weight is 376 g/mol. The third-order valence-electron chi connectivity index (χ3n) is 4.66. The molecule has 6 heteroatoms. The fraction of sp³-hybridized carbons (Fsp3) is 0.182. The molecule has 1 N–H and O–H groups in total. The highest BCUT2D eigenvalue weighted by molar-refractivity contribution is 5.90. The Hall–Kier alpha value is -3.54. The van der Waals surface area contributed by atoms with Gasteiger partial charge in [0.25, 0.3) is 5.91 Å². The molecule has 0 fully saturated rings. The van der Waals surface area contributed by atoms with E-state index in [9.17, 15) is 9.59 Å². The van der Waals surface area contributed by atoms with E-state index in [0.717, 1.165) is 5.56 Å². The zero-order valence-electron chi connectivity index (χ0n) is 15.2. The number of carbonyl (C=O) groups is 2. The maximum Gasteiger partial charge on any atom is 0.261 e. The van der Waals surface area contributed by atoms with Crippen molar-refractivity contribution in [3.63, 3.8) is 0 Å². The molecule has 0 spiro atoms. The maximum absolute atomic E-state index is 13.2. The number of amides is 2. The maximum atomic E-state index is 13.2. The zero-order chi connectivity index (χ0) is 19.3. The minimum Gasteiger partial charge on any atom is -0.483 e. The summed E-state index contributed by atoms with van der Waals surface area (Å²) in [6.07, 6.45) is 1.55. The smallest absolute Gasteiger partial charge is 0.261 e. The molecule has 0 aliphatic carbocycles. The van der Waals surface area contributed by atoms with Gasteiger partial charge in [0, 0.05) is 12.1 Å². The van der Waals surface area contributed by atoms with Crippen LogP contribution in [0.5, 0.6) is 5.75 Å². The molecule has 1 aromatic heterocycles. The van der Waals surface area contributed by atoms with Crippen molar-refractivity contribution in [1.29, 1.82) is 0 Å². The van der Waals surface area contributed by atoms with E-state index in [2.05, 4.69) is 5.32 Å². The summed E-state index contributed by atoms with van der Waals surface area (Å²) in [6, 6.07) is 19.6. The number of carbonyl (C=O) groups excluding carboxylic acids is 2. The Bertz CT molecular complexity index is 954. The Kier molecular flexibility index (Phi) is 5.10. The molecule has 6 nitrogen and oxygen atoms in total. The number of ether oxygens (including phenoxy) is 1. The van der Waals surface area contributed by atoms with Crippen LogP contribution in [0.1, 0.15) is 22.9 Å². The van der Waals surface area contributed by atoms with Gasteiger partial charge in [0.05, 0.1) is 12.8 Å². The summed E-state index contributed by atoms with van der Waals surface area (Å²) in [4.78, 5) is 27.5. The van der Waals surface area contributed by atoms with Crippen molar-refractivity contribution < 1.29 is 18.7 Å². The molecule has 0 radical (unpaired) electrons. The highest BCUT2D eigenvalue weighted by atomic mass is 16.5. The summed E-state index contributed by atoms with van der Waals surface area (Å²) >= 11 is 0. The van der Waals surface area contributed by atoms with Crippen LogP contribution >= 0.6 is 0 Å². The van der Waals surface area contributed by atoms with Gasteiger partial charge in [0.1, 0.15) is 17.6 Å². The van der Waals surface area contributed by atoms with Gasteiger partial charge < -0.3 is 19.4 Å². The number of para-hydroxylation sites is 1. The van der Waals surface area contributed by atoms with Gasteiger partial charge in [-0.25, -0.2) is 0 Å². The number of furan rings is 1. The zero-order valence-corrected chi connectivity index (χ0v) is 15.2. The van der Waals surface area contributed by atoms with Crippen molar-refractivity contribution >= 4 is 11.8 Å². The standard InChI is InChI=1S/C22H20N2O4/c25-20-15-28-19-11-5-4-10-18(19)21(24(20)14-17-9-6-12-27-17)22(26)23-13-16-7-2-1-3-8-16/h1-12,21H,13-15H2,(H,23,26). The normalized spacial score (nSPS) is 16.1. The van der Waals surface area contributed by atoms with E-state index in [4.69, 9.17) is 9.15 Å². The lowest BCUT2D eigenvalue weighted by molar-refractivity contribution is -0.142. The quantitative estimate of drug-likeness (QED) is 0.743. The highest BCUT2D eigenvalue weighted by Gasteiger charge is 2.36. The molecule has 142 valence electrons. The molecule has 1 unspecified atom stereocenters. The monoisotopic (exact) mass is 376 g/mol. The van der Waals surface area contributed by atoms with Gasteiger partial charge in [-0.1, -0.05) is 48.5 Å². The van der Waals surface area contributed by atoms with Crippen molar-refractivity contribution in [2.75, 3.05) is 6.61 Å². The molecule has 1 atom stereocenters. The van der Waals surface area contributed by atoms with Crippen LogP contribution in [0.4, 0.5) is 0 Å². The average Bonchev–Trinajstić information content (AvgIpc) is 3.20. The van der Waals surface area contributed by atoms with Crippen LogP contribution in [0.25, 0.3) is 0 Å². The van der Waals surface area contributed by atoms with Gasteiger partial charge in [-0.05, 0) is 23.8 Å². The predicted octanol–water partition coefficient (Wildman–Crippen LogP) is 3.06. The summed E-state index contributed by atoms with van der Waals surface area (Å²) in [5, 5.41) is 2.95. The molecular formula is C22H20N2O4. The third-order valence-corrected chi connectivity index (χ3v) is 4.66. The topological polar surface area (TPSA) is 71.8 Å². The minimum atomic E-state index is -0.806. The van der Waals surface area contributed by atoms with Crippen LogP contribution in [-0.2, 0) is 22.7 Å². The molecule has 3 aromatic rings. The number of hydrogen-bond acceptors (Lipinski definition) is 4. The van der Waals surface area contributed by atoms with Crippen LogP contribution in [0.3, 0.4) is 0 Å². The first-order chi connectivity index (χ1) is 13.7. The number of nitrogens with zero attached hydrogens (tertiary/aromatic N) is 1. The van der Waals surface area contributed by atoms with E-state index < -0.39 is 6.04 Å². The number of fused-ring (bicyclic) bond motifs is 1. The van der Waals surface area contributed by atoms with Crippen LogP contribution in [0, 0.1) is 0 Å². The second-order valence-corrected chi connectivity index (χ2v) is 6.53. The lowest BCUT2D eigenvalue weighted by atomic mass is 10.0. The summed E-state index contributed by atoms with van der Waals surface area (Å²) < 4.78 is 11.1. The highest BCUT2D eigenvalue weighted by Crippen LogP contribution is 2.33. The molecule has 0 saturated carbocycles. The Morgan fingerprint density at radius 3 is 2.61 bits per heavy atom. The summed E-state index contributed by atoms with van der Waals surface area (Å²) in [6.45, 7) is 0.440. The first-order valence-corrected chi connectivity index (χ1v) is 9.07. The summed E-state index contributed by atoms with van der Waals surface area (Å²) in [5.41, 5.74) is 1.64. The second-order valence-electron chi connectivity index (χ2n) is 6.53. The van der Waals surface area contributed by atoms with Crippen LogP contribution in [0.15, 0.2) is 77.4 Å². The molecular weight excluding hydrogens is 356 g/mol. The SMILES string of the molecule is O=C(NCc1ccccc1)C1c2ccccc2OCC(=O)N1Cc1ccco1. The number of hydrogen-bond donors (Lipinski definition) is 1. The first kappa shape index (κ1) is 17.9. The molecule has 1 aliphatic heterocycles. The predicted molar refractivity (Wildman–Crippen MR) is 102 cm³/mol. The van der Waals surface area contributed by atoms with Crippen LogP contribution in [-0.4, -0.2) is 23.3 Å². The van der Waals surface area contributed by atoms with E-state index >= 15 is 0 Å². The van der Waals surface area contributed by atoms with Crippen molar-refractivity contribution in [2.45, 2.75) is 19.1 Å². The number of rotatable bonds is 5. The van der Waals surface area contributed by atoms with E-state index in [-0.39, 0.29) is 25.0 Å².